The van der Waals surface area contributed by atoms with Gasteiger partial charge in [0.1, 0.15) is 29.8 Å². The third-order valence-corrected chi connectivity index (χ3v) is 10.5. The standard InChI is InChI=1S/C37H39F3N8O4/c1-20-10-11-28(37(38,39)40)44-34(20)45-35(52)27-14-36-15-29(36)48(27)31(51)18-47-33-23(8-6-4-5-7-9-30(50)43-19-36)12-24(26-17-41-21(2)16-42-26)13-25(33)32(46-47)22(3)49/h10-13,16-17,27,29H,4-9,14-15,18-19H2,1-3H3,(H,43,50)(H,44,45,52)/t27-,29+,36-/m0/s1. The van der Waals surface area contributed by atoms with Gasteiger partial charge in [-0.05, 0) is 75.3 Å². The minimum Gasteiger partial charge on any atom is -0.355 e. The van der Waals surface area contributed by atoms with Crippen LogP contribution in [0.3, 0.4) is 0 Å². The van der Waals surface area contributed by atoms with Gasteiger partial charge in [-0.2, -0.15) is 18.3 Å². The summed E-state index contributed by atoms with van der Waals surface area (Å²) in [6.45, 7) is 4.77. The van der Waals surface area contributed by atoms with Crippen LogP contribution in [0.1, 0.15) is 84.9 Å². The number of hydrogen-bond acceptors (Lipinski definition) is 8. The zero-order valence-electron chi connectivity index (χ0n) is 29.1. The lowest BCUT2D eigenvalue weighted by Gasteiger charge is -2.27. The smallest absolute Gasteiger partial charge is 0.355 e. The SMILES string of the molecule is CC(=O)c1nn2c3c(cc(-c4cnc(C)cn4)cc13)CCCCCCC(=O)NC[C@@]13C[C@@H](C(=O)Nc4nc(C(F)(F)F)ccc4C)N(C(=O)C2)[C@@H]1C3. The third kappa shape index (κ3) is 6.75. The summed E-state index contributed by atoms with van der Waals surface area (Å²) in [5, 5.41) is 10.8. The molecule has 1 saturated heterocycles. The number of pyridine rings is 1. The molecule has 3 atom stereocenters. The molecule has 2 bridgehead atoms. The number of hydrogen-bond donors (Lipinski definition) is 2. The van der Waals surface area contributed by atoms with Crippen molar-refractivity contribution < 1.29 is 32.3 Å². The molecule has 5 heterocycles. The first kappa shape index (κ1) is 35.2. The first-order chi connectivity index (χ1) is 24.7. The summed E-state index contributed by atoms with van der Waals surface area (Å²) in [4.78, 5) is 68.2. The summed E-state index contributed by atoms with van der Waals surface area (Å²) in [5.41, 5.74) is 2.45. The number of rotatable bonds is 4. The lowest BCUT2D eigenvalue weighted by Crippen LogP contribution is -2.47. The summed E-state index contributed by atoms with van der Waals surface area (Å²) in [6.07, 6.45) is 3.52. The first-order valence-corrected chi connectivity index (χ1v) is 17.5. The number of piperidine rings is 1. The maximum Gasteiger partial charge on any atom is 0.433 e. The van der Waals surface area contributed by atoms with Crippen LogP contribution in [0.15, 0.2) is 36.7 Å². The van der Waals surface area contributed by atoms with Crippen molar-refractivity contribution in [3.8, 4) is 11.3 Å². The largest absolute Gasteiger partial charge is 0.433 e. The van der Waals surface area contributed by atoms with E-state index in [1.165, 1.54) is 29.5 Å². The molecule has 7 rings (SSSR count). The molecule has 4 aromatic rings. The Hall–Kier alpha value is -5.21. The van der Waals surface area contributed by atoms with E-state index in [9.17, 15) is 32.3 Å². The second-order valence-electron chi connectivity index (χ2n) is 14.3. The number of alkyl halides is 3. The molecule has 272 valence electrons. The molecule has 2 N–H and O–H groups in total. The number of anilines is 1. The van der Waals surface area contributed by atoms with E-state index in [1.54, 1.807) is 12.4 Å². The number of nitrogens with zero attached hydrogens (tertiary/aromatic N) is 6. The summed E-state index contributed by atoms with van der Waals surface area (Å²) in [6, 6.07) is 4.47. The summed E-state index contributed by atoms with van der Waals surface area (Å²) >= 11 is 0. The number of aryl methyl sites for hydroxylation is 3. The Morgan fingerprint density at radius 2 is 1.77 bits per heavy atom. The third-order valence-electron chi connectivity index (χ3n) is 10.5. The normalized spacial score (nSPS) is 22.5. The predicted molar refractivity (Wildman–Crippen MR) is 184 cm³/mol. The van der Waals surface area contributed by atoms with E-state index in [4.69, 9.17) is 0 Å². The van der Waals surface area contributed by atoms with E-state index in [2.05, 4.69) is 30.7 Å². The Morgan fingerprint density at radius 3 is 2.48 bits per heavy atom. The van der Waals surface area contributed by atoms with Crippen molar-refractivity contribution >= 4 is 40.2 Å². The Morgan fingerprint density at radius 1 is 1.00 bits per heavy atom. The van der Waals surface area contributed by atoms with Crippen LogP contribution in [-0.4, -0.2) is 71.8 Å². The van der Waals surface area contributed by atoms with Gasteiger partial charge in [0.05, 0.1) is 23.1 Å². The van der Waals surface area contributed by atoms with E-state index >= 15 is 0 Å². The number of carbonyl (C=O) groups is 4. The highest BCUT2D eigenvalue weighted by atomic mass is 19.4. The van der Waals surface area contributed by atoms with Gasteiger partial charge >= 0.3 is 6.18 Å². The predicted octanol–water partition coefficient (Wildman–Crippen LogP) is 5.35. The van der Waals surface area contributed by atoms with E-state index in [0.29, 0.717) is 47.8 Å². The number of ketones is 1. The first-order valence-electron chi connectivity index (χ1n) is 17.5. The Labute approximate surface area is 297 Å². The van der Waals surface area contributed by atoms with Gasteiger partial charge in [-0.25, -0.2) is 4.98 Å². The summed E-state index contributed by atoms with van der Waals surface area (Å²) < 4.78 is 42.0. The monoisotopic (exact) mass is 716 g/mol. The fourth-order valence-corrected chi connectivity index (χ4v) is 7.67. The van der Waals surface area contributed by atoms with Crippen LogP contribution in [-0.2, 0) is 33.5 Å². The minimum atomic E-state index is -4.72. The number of Topliss-reactive ketones (excluding diaryl/α,β-unsaturated/α-hetero) is 1. The van der Waals surface area contributed by atoms with Gasteiger partial charge < -0.3 is 15.5 Å². The molecule has 2 fully saturated rings. The molecule has 12 nitrogen and oxygen atoms in total. The van der Waals surface area contributed by atoms with Crippen molar-refractivity contribution in [2.24, 2.45) is 5.41 Å². The highest BCUT2D eigenvalue weighted by Crippen LogP contribution is 2.59. The molecule has 3 amide bonds. The fourth-order valence-electron chi connectivity index (χ4n) is 7.67. The molecule has 1 saturated carbocycles. The van der Waals surface area contributed by atoms with Crippen LogP contribution in [0.25, 0.3) is 22.2 Å². The molecule has 2 aliphatic heterocycles. The number of aromatic nitrogens is 5. The average Bonchev–Trinajstić information content (AvgIpc) is 3.50. The van der Waals surface area contributed by atoms with Crippen molar-refractivity contribution in [2.75, 3.05) is 11.9 Å². The van der Waals surface area contributed by atoms with Crippen molar-refractivity contribution in [1.29, 1.82) is 0 Å². The Kier molecular flexibility index (Phi) is 9.07. The van der Waals surface area contributed by atoms with Gasteiger partial charge in [0.2, 0.25) is 17.7 Å². The van der Waals surface area contributed by atoms with Crippen LogP contribution in [0, 0.1) is 19.3 Å². The molecule has 1 aliphatic carbocycles. The zero-order valence-corrected chi connectivity index (χ0v) is 29.1. The van der Waals surface area contributed by atoms with Crippen molar-refractivity contribution in [2.45, 2.75) is 96.9 Å². The van der Waals surface area contributed by atoms with E-state index < -0.39 is 35.1 Å². The number of halogens is 3. The van der Waals surface area contributed by atoms with Gasteiger partial charge in [0.25, 0.3) is 0 Å². The molecule has 0 spiro atoms. The van der Waals surface area contributed by atoms with E-state index in [0.717, 1.165) is 42.1 Å². The van der Waals surface area contributed by atoms with Crippen LogP contribution in [0.5, 0.6) is 0 Å². The summed E-state index contributed by atoms with van der Waals surface area (Å²) in [5.74, 6) is -1.74. The van der Waals surface area contributed by atoms with Gasteiger partial charge in [-0.15, -0.1) is 0 Å². The molecule has 1 aromatic carbocycles. The molecule has 3 aromatic heterocycles. The van der Waals surface area contributed by atoms with E-state index in [-0.39, 0.29) is 48.8 Å². The number of carbonyl (C=O) groups excluding carboxylic acids is 4. The Balaban J connectivity index is 1.28. The summed E-state index contributed by atoms with van der Waals surface area (Å²) in [7, 11) is 0. The lowest BCUT2D eigenvalue weighted by molar-refractivity contribution is -0.141. The highest BCUT2D eigenvalue weighted by molar-refractivity contribution is 6.07. The number of benzene rings is 1. The highest BCUT2D eigenvalue weighted by Gasteiger charge is 2.67. The quantitative estimate of drug-likeness (QED) is 0.269. The second kappa shape index (κ2) is 13.4. The van der Waals surface area contributed by atoms with Crippen molar-refractivity contribution in [3.05, 3.63) is 64.9 Å². The van der Waals surface area contributed by atoms with E-state index in [1.807, 2.05) is 19.1 Å². The maximum atomic E-state index is 14.4. The van der Waals surface area contributed by atoms with Gasteiger partial charge in [-0.1, -0.05) is 18.9 Å². The maximum absolute atomic E-state index is 14.4. The van der Waals surface area contributed by atoms with Crippen molar-refractivity contribution in [1.82, 2.24) is 34.9 Å². The average molecular weight is 717 g/mol. The molecular formula is C37H39F3N8O4. The topological polar surface area (TPSA) is 152 Å². The number of amides is 3. The van der Waals surface area contributed by atoms with Crippen molar-refractivity contribution in [3.63, 3.8) is 0 Å². The molecule has 0 radical (unpaired) electrons. The molecule has 15 heteroatoms. The Bertz CT molecular complexity index is 2100. The van der Waals surface area contributed by atoms with Crippen LogP contribution in [0.4, 0.5) is 19.0 Å². The van der Waals surface area contributed by atoms with Gasteiger partial charge in [0, 0.05) is 48.5 Å². The molecule has 52 heavy (non-hydrogen) atoms. The van der Waals surface area contributed by atoms with Gasteiger partial charge in [0.15, 0.2) is 5.78 Å². The van der Waals surface area contributed by atoms with Crippen LogP contribution >= 0.6 is 0 Å². The minimum absolute atomic E-state index is 0.107. The van der Waals surface area contributed by atoms with Crippen LogP contribution in [0.2, 0.25) is 0 Å². The second-order valence-corrected chi connectivity index (χ2v) is 14.3. The zero-order chi connectivity index (χ0) is 36.9. The molecule has 3 aliphatic rings. The van der Waals surface area contributed by atoms with Crippen LogP contribution < -0.4 is 10.6 Å². The molecular weight excluding hydrogens is 677 g/mol. The number of nitrogens with one attached hydrogen (secondary N) is 2. The molecule has 0 unspecified atom stereocenters. The fraction of sp³-hybridized carbons (Fsp3) is 0.459. The lowest BCUT2D eigenvalue weighted by atomic mass is 9.97. The van der Waals surface area contributed by atoms with Gasteiger partial charge in [-0.3, -0.25) is 33.8 Å².